The van der Waals surface area contributed by atoms with E-state index in [0.717, 1.165) is 4.88 Å². The number of nitrogens with one attached hydrogen (secondary N) is 1. The number of rotatable bonds is 6. The van der Waals surface area contributed by atoms with Crippen molar-refractivity contribution >= 4 is 50.3 Å². The first kappa shape index (κ1) is 18.3. The minimum atomic E-state index is -3.64. The third-order valence-electron chi connectivity index (χ3n) is 3.28. The highest BCUT2D eigenvalue weighted by Crippen LogP contribution is 2.24. The SMILES string of the molecule is CC(C(=O)NCc1cccs1)S(=O)(=O)Cc1ccc(Cl)c(Cl)c1. The van der Waals surface area contributed by atoms with E-state index in [2.05, 4.69) is 5.32 Å². The van der Waals surface area contributed by atoms with Crippen molar-refractivity contribution in [1.82, 2.24) is 5.32 Å². The van der Waals surface area contributed by atoms with Crippen LogP contribution in [-0.4, -0.2) is 19.6 Å². The molecule has 8 heteroatoms. The zero-order chi connectivity index (χ0) is 17.0. The van der Waals surface area contributed by atoms with Crippen LogP contribution in [0.5, 0.6) is 0 Å². The summed E-state index contributed by atoms with van der Waals surface area (Å²) in [5.74, 6) is -0.782. The Labute approximate surface area is 149 Å². The van der Waals surface area contributed by atoms with Crippen LogP contribution < -0.4 is 5.32 Å². The Morgan fingerprint density at radius 3 is 2.61 bits per heavy atom. The largest absolute Gasteiger partial charge is 0.350 e. The molecule has 1 N–H and O–H groups in total. The van der Waals surface area contributed by atoms with E-state index in [0.29, 0.717) is 17.1 Å². The summed E-state index contributed by atoms with van der Waals surface area (Å²) in [6.07, 6.45) is 0. The van der Waals surface area contributed by atoms with E-state index in [1.54, 1.807) is 6.07 Å². The van der Waals surface area contributed by atoms with Gasteiger partial charge in [-0.05, 0) is 36.1 Å². The average Bonchev–Trinajstić information content (AvgIpc) is 3.01. The molecule has 0 bridgehead atoms. The van der Waals surface area contributed by atoms with Crippen LogP contribution in [0.4, 0.5) is 0 Å². The van der Waals surface area contributed by atoms with Gasteiger partial charge in [-0.3, -0.25) is 4.79 Å². The predicted octanol–water partition coefficient (Wildman–Crippen LogP) is 3.67. The van der Waals surface area contributed by atoms with E-state index in [1.165, 1.54) is 30.4 Å². The molecule has 124 valence electrons. The van der Waals surface area contributed by atoms with E-state index in [-0.39, 0.29) is 10.8 Å². The van der Waals surface area contributed by atoms with E-state index in [9.17, 15) is 13.2 Å². The van der Waals surface area contributed by atoms with Crippen LogP contribution in [0.25, 0.3) is 0 Å². The van der Waals surface area contributed by atoms with Crippen LogP contribution in [0.1, 0.15) is 17.4 Å². The third-order valence-corrected chi connectivity index (χ3v) is 6.92. The van der Waals surface area contributed by atoms with Gasteiger partial charge in [-0.2, -0.15) is 0 Å². The number of carbonyl (C=O) groups excluding carboxylic acids is 1. The van der Waals surface area contributed by atoms with Gasteiger partial charge in [-0.1, -0.05) is 35.3 Å². The fraction of sp³-hybridized carbons (Fsp3) is 0.267. The summed E-state index contributed by atoms with van der Waals surface area (Å²) >= 11 is 13.2. The molecule has 0 spiro atoms. The summed E-state index contributed by atoms with van der Waals surface area (Å²) < 4.78 is 24.7. The predicted molar refractivity (Wildman–Crippen MR) is 94.7 cm³/mol. The third kappa shape index (κ3) is 4.94. The first-order chi connectivity index (χ1) is 10.8. The van der Waals surface area contributed by atoms with Crippen molar-refractivity contribution in [3.8, 4) is 0 Å². The molecule has 1 atom stereocenters. The van der Waals surface area contributed by atoms with Crippen LogP contribution in [-0.2, 0) is 26.9 Å². The minimum Gasteiger partial charge on any atom is -0.350 e. The lowest BCUT2D eigenvalue weighted by Crippen LogP contribution is -2.38. The highest BCUT2D eigenvalue weighted by molar-refractivity contribution is 7.92. The van der Waals surface area contributed by atoms with Gasteiger partial charge >= 0.3 is 0 Å². The van der Waals surface area contributed by atoms with Gasteiger partial charge in [0, 0.05) is 4.88 Å². The Hall–Kier alpha value is -1.08. The highest BCUT2D eigenvalue weighted by atomic mass is 35.5. The zero-order valence-electron chi connectivity index (χ0n) is 12.3. The Bertz CT molecular complexity index is 789. The second-order valence-corrected chi connectivity index (χ2v) is 9.16. The molecule has 1 amide bonds. The molecule has 0 radical (unpaired) electrons. The molecule has 0 aliphatic carbocycles. The summed E-state index contributed by atoms with van der Waals surface area (Å²) in [5, 5.41) is 4.04. The van der Waals surface area contributed by atoms with Gasteiger partial charge in [0.25, 0.3) is 0 Å². The molecule has 0 aliphatic rings. The summed E-state index contributed by atoms with van der Waals surface area (Å²) in [5.41, 5.74) is 0.498. The van der Waals surface area contributed by atoms with Crippen molar-refractivity contribution in [2.24, 2.45) is 0 Å². The molecule has 1 aromatic carbocycles. The summed E-state index contributed by atoms with van der Waals surface area (Å²) in [6.45, 7) is 1.71. The fourth-order valence-electron chi connectivity index (χ4n) is 1.88. The number of hydrogen-bond acceptors (Lipinski definition) is 4. The van der Waals surface area contributed by atoms with Crippen molar-refractivity contribution in [3.05, 3.63) is 56.2 Å². The average molecular weight is 392 g/mol. The van der Waals surface area contributed by atoms with Crippen molar-refractivity contribution in [3.63, 3.8) is 0 Å². The fourth-order valence-corrected chi connectivity index (χ4v) is 4.15. The molecule has 23 heavy (non-hydrogen) atoms. The van der Waals surface area contributed by atoms with E-state index >= 15 is 0 Å². The Kier molecular flexibility index (Phi) is 6.08. The van der Waals surface area contributed by atoms with Crippen LogP contribution >= 0.6 is 34.5 Å². The van der Waals surface area contributed by atoms with Crippen LogP contribution in [0, 0.1) is 0 Å². The molecule has 1 unspecified atom stereocenters. The first-order valence-corrected chi connectivity index (χ1v) is 10.1. The summed E-state index contributed by atoms with van der Waals surface area (Å²) in [4.78, 5) is 13.0. The topological polar surface area (TPSA) is 63.2 Å². The lowest BCUT2D eigenvalue weighted by atomic mass is 10.2. The Balaban J connectivity index is 2.02. The molecule has 0 saturated heterocycles. The normalized spacial score (nSPS) is 12.8. The van der Waals surface area contributed by atoms with Crippen LogP contribution in [0.3, 0.4) is 0 Å². The first-order valence-electron chi connectivity index (χ1n) is 6.75. The van der Waals surface area contributed by atoms with E-state index < -0.39 is 21.0 Å². The van der Waals surface area contributed by atoms with E-state index in [1.807, 2.05) is 17.5 Å². The maximum absolute atomic E-state index is 12.4. The second-order valence-electron chi connectivity index (χ2n) is 5.00. The number of thiophene rings is 1. The number of hydrogen-bond donors (Lipinski definition) is 1. The van der Waals surface area contributed by atoms with Crippen molar-refractivity contribution in [2.75, 3.05) is 0 Å². The van der Waals surface area contributed by atoms with Crippen LogP contribution in [0.15, 0.2) is 35.7 Å². The second kappa shape index (κ2) is 7.66. The van der Waals surface area contributed by atoms with Crippen molar-refractivity contribution < 1.29 is 13.2 Å². The highest BCUT2D eigenvalue weighted by Gasteiger charge is 2.28. The molecule has 4 nitrogen and oxygen atoms in total. The molecule has 2 rings (SSSR count). The van der Waals surface area contributed by atoms with Gasteiger partial charge in [-0.15, -0.1) is 11.3 Å². The molecular weight excluding hydrogens is 377 g/mol. The lowest BCUT2D eigenvalue weighted by Gasteiger charge is -2.13. The monoisotopic (exact) mass is 391 g/mol. The molecule has 0 fully saturated rings. The minimum absolute atomic E-state index is 0.266. The van der Waals surface area contributed by atoms with Gasteiger partial charge in [0.15, 0.2) is 9.84 Å². The van der Waals surface area contributed by atoms with Gasteiger partial charge in [0.1, 0.15) is 5.25 Å². The maximum Gasteiger partial charge on any atom is 0.238 e. The molecular formula is C15H15Cl2NO3S2. The number of amides is 1. The standard InChI is InChI=1S/C15H15Cl2NO3S2/c1-10(15(19)18-8-12-3-2-6-22-12)23(20,21)9-11-4-5-13(16)14(17)7-11/h2-7,10H,8-9H2,1H3,(H,18,19). The van der Waals surface area contributed by atoms with Gasteiger partial charge in [0.05, 0.1) is 22.3 Å². The molecule has 1 aromatic heterocycles. The smallest absolute Gasteiger partial charge is 0.238 e. The van der Waals surface area contributed by atoms with Crippen LogP contribution in [0.2, 0.25) is 10.0 Å². The number of halogens is 2. The van der Waals surface area contributed by atoms with Crippen molar-refractivity contribution in [1.29, 1.82) is 0 Å². The zero-order valence-corrected chi connectivity index (χ0v) is 15.4. The van der Waals surface area contributed by atoms with Gasteiger partial charge < -0.3 is 5.32 Å². The molecule has 0 aliphatic heterocycles. The summed E-state index contributed by atoms with van der Waals surface area (Å²) in [6, 6.07) is 8.37. The molecule has 0 saturated carbocycles. The number of benzene rings is 1. The quantitative estimate of drug-likeness (QED) is 0.816. The number of sulfone groups is 1. The lowest BCUT2D eigenvalue weighted by molar-refractivity contribution is -0.120. The van der Waals surface area contributed by atoms with Crippen molar-refractivity contribution in [2.45, 2.75) is 24.5 Å². The Morgan fingerprint density at radius 2 is 2.00 bits per heavy atom. The van der Waals surface area contributed by atoms with Gasteiger partial charge in [0.2, 0.25) is 5.91 Å². The molecule has 2 aromatic rings. The molecule has 1 heterocycles. The van der Waals surface area contributed by atoms with E-state index in [4.69, 9.17) is 23.2 Å². The number of carbonyl (C=O) groups is 1. The maximum atomic E-state index is 12.4. The van der Waals surface area contributed by atoms with Gasteiger partial charge in [-0.25, -0.2) is 8.42 Å². The Morgan fingerprint density at radius 1 is 1.26 bits per heavy atom. The summed E-state index contributed by atoms with van der Waals surface area (Å²) in [7, 11) is -3.64.